The minimum Gasteiger partial charge on any atom is -0.344 e. The van der Waals surface area contributed by atoms with Gasteiger partial charge in [0, 0.05) is 18.9 Å². The molecule has 1 atom stereocenters. The third-order valence-corrected chi connectivity index (χ3v) is 3.03. The van der Waals surface area contributed by atoms with E-state index in [9.17, 15) is 9.59 Å². The molecule has 0 aliphatic carbocycles. The van der Waals surface area contributed by atoms with Crippen molar-refractivity contribution in [1.82, 2.24) is 15.6 Å². The van der Waals surface area contributed by atoms with E-state index in [0.717, 1.165) is 11.1 Å². The summed E-state index contributed by atoms with van der Waals surface area (Å²) < 4.78 is 0. The van der Waals surface area contributed by atoms with Crippen LogP contribution in [-0.2, 0) is 16.1 Å². The molecule has 0 saturated carbocycles. The van der Waals surface area contributed by atoms with Crippen LogP contribution in [0.1, 0.15) is 24.1 Å². The number of nitrogens with one attached hydrogen (secondary N) is 2. The average Bonchev–Trinajstić information content (AvgIpc) is 2.54. The maximum Gasteiger partial charge on any atom is 0.309 e. The molecule has 0 aliphatic rings. The van der Waals surface area contributed by atoms with E-state index in [4.69, 9.17) is 0 Å². The molecule has 0 fully saturated rings. The lowest BCUT2D eigenvalue weighted by Crippen LogP contribution is -2.40. The van der Waals surface area contributed by atoms with E-state index >= 15 is 0 Å². The molecule has 108 valence electrons. The molecule has 2 amide bonds. The number of nitrogens with zero attached hydrogens (tertiary/aromatic N) is 1. The Kier molecular flexibility index (Phi) is 5.04. The van der Waals surface area contributed by atoms with Crippen LogP contribution in [-0.4, -0.2) is 16.8 Å². The standard InChI is InChI=1S/C16H17N3O2/c1-12(14-7-3-2-4-8-14)19-16(21)15(20)18-11-13-6-5-9-17-10-13/h2-10,12H,11H2,1H3,(H,18,20)(H,19,21)/t12-/m1/s1. The molecule has 2 N–H and O–H groups in total. The molecule has 2 rings (SSSR count). The highest BCUT2D eigenvalue weighted by Gasteiger charge is 2.16. The van der Waals surface area contributed by atoms with E-state index in [2.05, 4.69) is 15.6 Å². The van der Waals surface area contributed by atoms with Crippen molar-refractivity contribution in [3.05, 3.63) is 66.0 Å². The van der Waals surface area contributed by atoms with Crippen LogP contribution in [0.4, 0.5) is 0 Å². The number of pyridine rings is 1. The Morgan fingerprint density at radius 3 is 2.52 bits per heavy atom. The summed E-state index contributed by atoms with van der Waals surface area (Å²) in [5.41, 5.74) is 1.79. The van der Waals surface area contributed by atoms with Crippen molar-refractivity contribution in [1.29, 1.82) is 0 Å². The largest absolute Gasteiger partial charge is 0.344 e. The fourth-order valence-corrected chi connectivity index (χ4v) is 1.85. The summed E-state index contributed by atoms with van der Waals surface area (Å²) in [5, 5.41) is 5.23. The van der Waals surface area contributed by atoms with Crippen LogP contribution in [0.5, 0.6) is 0 Å². The average molecular weight is 283 g/mol. The van der Waals surface area contributed by atoms with Gasteiger partial charge in [-0.05, 0) is 24.1 Å². The Balaban J connectivity index is 1.84. The molecule has 0 aliphatic heterocycles. The summed E-state index contributed by atoms with van der Waals surface area (Å²) in [6.07, 6.45) is 3.30. The van der Waals surface area contributed by atoms with Crippen molar-refractivity contribution in [3.8, 4) is 0 Å². The molecular weight excluding hydrogens is 266 g/mol. The second-order valence-electron chi connectivity index (χ2n) is 4.65. The number of hydrogen-bond acceptors (Lipinski definition) is 3. The Morgan fingerprint density at radius 1 is 1.10 bits per heavy atom. The lowest BCUT2D eigenvalue weighted by atomic mass is 10.1. The van der Waals surface area contributed by atoms with Gasteiger partial charge in [-0.1, -0.05) is 36.4 Å². The van der Waals surface area contributed by atoms with Gasteiger partial charge in [0.05, 0.1) is 6.04 Å². The van der Waals surface area contributed by atoms with Crippen molar-refractivity contribution in [2.75, 3.05) is 0 Å². The third-order valence-electron chi connectivity index (χ3n) is 3.03. The first-order valence-electron chi connectivity index (χ1n) is 6.69. The first kappa shape index (κ1) is 14.7. The summed E-state index contributed by atoms with van der Waals surface area (Å²) in [4.78, 5) is 27.5. The SMILES string of the molecule is C[C@@H](NC(=O)C(=O)NCc1cccnc1)c1ccccc1. The lowest BCUT2D eigenvalue weighted by Gasteiger charge is -2.14. The van der Waals surface area contributed by atoms with Gasteiger partial charge >= 0.3 is 11.8 Å². The molecule has 5 heteroatoms. The van der Waals surface area contributed by atoms with E-state index in [1.807, 2.05) is 43.3 Å². The first-order chi connectivity index (χ1) is 10.2. The number of aromatic nitrogens is 1. The fraction of sp³-hybridized carbons (Fsp3) is 0.188. The van der Waals surface area contributed by atoms with Crippen LogP contribution in [0.25, 0.3) is 0 Å². The third kappa shape index (κ3) is 4.42. The molecule has 5 nitrogen and oxygen atoms in total. The van der Waals surface area contributed by atoms with Gasteiger partial charge in [-0.15, -0.1) is 0 Å². The molecular formula is C16H17N3O2. The quantitative estimate of drug-likeness (QED) is 0.837. The Morgan fingerprint density at radius 2 is 1.86 bits per heavy atom. The van der Waals surface area contributed by atoms with Gasteiger partial charge in [0.15, 0.2) is 0 Å². The summed E-state index contributed by atoms with van der Waals surface area (Å²) >= 11 is 0. The van der Waals surface area contributed by atoms with Gasteiger partial charge in [0.2, 0.25) is 0 Å². The predicted octanol–water partition coefficient (Wildman–Crippen LogP) is 1.58. The van der Waals surface area contributed by atoms with Crippen LogP contribution in [0.15, 0.2) is 54.9 Å². The molecule has 2 aromatic rings. The van der Waals surface area contributed by atoms with E-state index in [1.165, 1.54) is 0 Å². The van der Waals surface area contributed by atoms with Gasteiger partial charge in [-0.25, -0.2) is 0 Å². The van der Waals surface area contributed by atoms with Crippen LogP contribution in [0.3, 0.4) is 0 Å². The van der Waals surface area contributed by atoms with Crippen LogP contribution in [0.2, 0.25) is 0 Å². The zero-order valence-corrected chi connectivity index (χ0v) is 11.7. The Bertz CT molecular complexity index is 599. The summed E-state index contributed by atoms with van der Waals surface area (Å²) in [5.74, 6) is -1.29. The van der Waals surface area contributed by atoms with Gasteiger partial charge in [-0.3, -0.25) is 14.6 Å². The fourth-order valence-electron chi connectivity index (χ4n) is 1.85. The van der Waals surface area contributed by atoms with Crippen LogP contribution in [0, 0.1) is 0 Å². The van der Waals surface area contributed by atoms with E-state index < -0.39 is 11.8 Å². The normalized spacial score (nSPS) is 11.5. The number of rotatable bonds is 4. The molecule has 0 radical (unpaired) electrons. The van der Waals surface area contributed by atoms with Crippen molar-refractivity contribution >= 4 is 11.8 Å². The highest BCUT2D eigenvalue weighted by Crippen LogP contribution is 2.10. The zero-order valence-electron chi connectivity index (χ0n) is 11.7. The summed E-state index contributed by atoms with van der Waals surface area (Å²) in [6.45, 7) is 2.11. The Labute approximate surface area is 123 Å². The van der Waals surface area contributed by atoms with E-state index in [0.29, 0.717) is 0 Å². The zero-order chi connectivity index (χ0) is 15.1. The number of benzene rings is 1. The second-order valence-corrected chi connectivity index (χ2v) is 4.65. The number of amides is 2. The van der Waals surface area contributed by atoms with Crippen LogP contribution < -0.4 is 10.6 Å². The number of carbonyl (C=O) groups excluding carboxylic acids is 2. The van der Waals surface area contributed by atoms with Crippen molar-refractivity contribution in [3.63, 3.8) is 0 Å². The highest BCUT2D eigenvalue weighted by molar-refractivity contribution is 6.35. The molecule has 1 aromatic carbocycles. The summed E-state index contributed by atoms with van der Waals surface area (Å²) in [7, 11) is 0. The molecule has 1 heterocycles. The lowest BCUT2D eigenvalue weighted by molar-refractivity contribution is -0.139. The molecule has 0 spiro atoms. The van der Waals surface area contributed by atoms with Crippen molar-refractivity contribution in [2.45, 2.75) is 19.5 Å². The van der Waals surface area contributed by atoms with Gasteiger partial charge in [-0.2, -0.15) is 0 Å². The molecule has 0 unspecified atom stereocenters. The van der Waals surface area contributed by atoms with Crippen LogP contribution >= 0.6 is 0 Å². The van der Waals surface area contributed by atoms with Crippen molar-refractivity contribution in [2.24, 2.45) is 0 Å². The molecule has 21 heavy (non-hydrogen) atoms. The maximum atomic E-state index is 11.8. The minimum atomic E-state index is -0.651. The van der Waals surface area contributed by atoms with Crippen molar-refractivity contribution < 1.29 is 9.59 Å². The minimum absolute atomic E-state index is 0.220. The van der Waals surface area contributed by atoms with Gasteiger partial charge in [0.25, 0.3) is 0 Å². The van der Waals surface area contributed by atoms with E-state index in [-0.39, 0.29) is 12.6 Å². The monoisotopic (exact) mass is 283 g/mol. The predicted molar refractivity (Wildman–Crippen MR) is 79.1 cm³/mol. The van der Waals surface area contributed by atoms with E-state index in [1.54, 1.807) is 18.5 Å². The maximum absolute atomic E-state index is 11.8. The molecule has 0 bridgehead atoms. The number of hydrogen-bond donors (Lipinski definition) is 2. The van der Waals surface area contributed by atoms with Gasteiger partial charge in [0.1, 0.15) is 0 Å². The Hall–Kier alpha value is -2.69. The smallest absolute Gasteiger partial charge is 0.309 e. The number of carbonyl (C=O) groups is 2. The first-order valence-corrected chi connectivity index (χ1v) is 6.69. The highest BCUT2D eigenvalue weighted by atomic mass is 16.2. The topological polar surface area (TPSA) is 71.1 Å². The van der Waals surface area contributed by atoms with Gasteiger partial charge < -0.3 is 10.6 Å². The summed E-state index contributed by atoms with van der Waals surface area (Å²) in [6, 6.07) is 12.9. The second kappa shape index (κ2) is 7.19. The molecule has 0 saturated heterocycles. The molecule has 1 aromatic heterocycles.